The number of aromatic nitrogens is 2. The van der Waals surface area contributed by atoms with Crippen LogP contribution in [0.2, 0.25) is 0 Å². The summed E-state index contributed by atoms with van der Waals surface area (Å²) in [5, 5.41) is 13.5. The number of hydrogen-bond acceptors (Lipinski definition) is 7. The summed E-state index contributed by atoms with van der Waals surface area (Å²) in [4.78, 5) is 18.0. The van der Waals surface area contributed by atoms with E-state index in [2.05, 4.69) is 10.1 Å². The number of hydrogen-bond donors (Lipinski definition) is 1. The molecule has 0 spiro atoms. The van der Waals surface area contributed by atoms with Crippen LogP contribution in [0.4, 0.5) is 0 Å². The van der Waals surface area contributed by atoms with Gasteiger partial charge in [-0.2, -0.15) is 4.98 Å². The zero-order valence-electron chi connectivity index (χ0n) is 13.1. The second kappa shape index (κ2) is 5.53. The normalized spacial score (nSPS) is 29.0. The Morgan fingerprint density at radius 3 is 2.70 bits per heavy atom. The highest BCUT2D eigenvalue weighted by Gasteiger charge is 2.59. The molecule has 9 nitrogen and oxygen atoms in total. The smallest absolute Gasteiger partial charge is 0.312 e. The molecule has 0 saturated carbocycles. The van der Waals surface area contributed by atoms with Crippen molar-refractivity contribution in [2.45, 2.75) is 19.9 Å². The molecule has 1 aromatic heterocycles. The van der Waals surface area contributed by atoms with Crippen molar-refractivity contribution in [3.8, 4) is 0 Å². The van der Waals surface area contributed by atoms with Gasteiger partial charge in [0.1, 0.15) is 0 Å². The highest BCUT2D eigenvalue weighted by molar-refractivity contribution is 7.88. The molecular formula is C13H20N4O5S. The Morgan fingerprint density at radius 2 is 2.17 bits per heavy atom. The molecule has 2 aliphatic heterocycles. The first-order chi connectivity index (χ1) is 10.7. The molecule has 0 aromatic carbocycles. The van der Waals surface area contributed by atoms with Crippen LogP contribution in [0.5, 0.6) is 0 Å². The largest absolute Gasteiger partial charge is 0.481 e. The Balaban J connectivity index is 1.75. The number of nitrogens with zero attached hydrogens (tertiary/aromatic N) is 4. The molecule has 2 aliphatic rings. The molecule has 0 radical (unpaired) electrons. The van der Waals surface area contributed by atoms with Gasteiger partial charge < -0.3 is 9.63 Å². The summed E-state index contributed by atoms with van der Waals surface area (Å²) in [5.74, 6) is -0.0999. The standard InChI is InChI=1S/C13H20N4O5S/c1-3-10-14-11(22-15-10)6-16-4-9-5-17(23(2,20)21)8-13(9,7-16)12(18)19/h9H,3-8H2,1-2H3,(H,18,19)/t9-,13-/m0/s1. The van der Waals surface area contributed by atoms with Crippen LogP contribution in [-0.4, -0.2) is 71.3 Å². The number of aliphatic carboxylic acids is 1. The third kappa shape index (κ3) is 2.86. The average Bonchev–Trinajstić information content (AvgIpc) is 3.10. The molecule has 2 atom stereocenters. The van der Waals surface area contributed by atoms with Crippen molar-refractivity contribution in [2.75, 3.05) is 32.4 Å². The van der Waals surface area contributed by atoms with Gasteiger partial charge in [0.2, 0.25) is 15.9 Å². The highest BCUT2D eigenvalue weighted by atomic mass is 32.2. The van der Waals surface area contributed by atoms with E-state index < -0.39 is 21.4 Å². The molecule has 23 heavy (non-hydrogen) atoms. The number of carbonyl (C=O) groups is 1. The van der Waals surface area contributed by atoms with E-state index in [-0.39, 0.29) is 25.6 Å². The molecule has 0 unspecified atom stereocenters. The lowest BCUT2D eigenvalue weighted by Gasteiger charge is -2.24. The first kappa shape index (κ1) is 16.3. The maximum Gasteiger partial charge on any atom is 0.312 e. The van der Waals surface area contributed by atoms with Crippen molar-refractivity contribution in [3.63, 3.8) is 0 Å². The predicted octanol–water partition coefficient (Wildman–Crippen LogP) is -0.590. The van der Waals surface area contributed by atoms with Crippen molar-refractivity contribution < 1.29 is 22.8 Å². The fourth-order valence-corrected chi connectivity index (χ4v) is 4.40. The SMILES string of the molecule is CCc1noc(CN2C[C@H]3CN(S(C)(=O)=O)C[C@@]3(C(=O)O)C2)n1. The molecule has 3 rings (SSSR count). The summed E-state index contributed by atoms with van der Waals surface area (Å²) in [7, 11) is -3.38. The number of likely N-dealkylation sites (tertiary alicyclic amines) is 1. The van der Waals surface area contributed by atoms with E-state index in [1.165, 1.54) is 4.31 Å². The van der Waals surface area contributed by atoms with Crippen LogP contribution in [0, 0.1) is 11.3 Å². The lowest BCUT2D eigenvalue weighted by Crippen LogP contribution is -2.41. The topological polar surface area (TPSA) is 117 Å². The number of rotatable bonds is 5. The summed E-state index contributed by atoms with van der Waals surface area (Å²) in [6, 6.07) is 0. The summed E-state index contributed by atoms with van der Waals surface area (Å²) in [6.07, 6.45) is 1.79. The lowest BCUT2D eigenvalue weighted by molar-refractivity contribution is -0.148. The van der Waals surface area contributed by atoms with Gasteiger partial charge in [-0.3, -0.25) is 9.69 Å². The zero-order valence-corrected chi connectivity index (χ0v) is 13.9. The Hall–Kier alpha value is -1.52. The highest BCUT2D eigenvalue weighted by Crippen LogP contribution is 2.43. The van der Waals surface area contributed by atoms with Crippen molar-refractivity contribution in [3.05, 3.63) is 11.7 Å². The minimum absolute atomic E-state index is 0.0202. The van der Waals surface area contributed by atoms with Crippen LogP contribution < -0.4 is 0 Å². The molecule has 3 heterocycles. The second-order valence-corrected chi connectivity index (χ2v) is 8.32. The monoisotopic (exact) mass is 344 g/mol. The molecule has 0 bridgehead atoms. The van der Waals surface area contributed by atoms with E-state index in [4.69, 9.17) is 4.52 Å². The third-order valence-electron chi connectivity index (χ3n) is 4.73. The van der Waals surface area contributed by atoms with Crippen molar-refractivity contribution >= 4 is 16.0 Å². The van der Waals surface area contributed by atoms with Crippen LogP contribution >= 0.6 is 0 Å². The van der Waals surface area contributed by atoms with E-state index in [0.29, 0.717) is 31.2 Å². The molecule has 0 amide bonds. The molecular weight excluding hydrogens is 324 g/mol. The summed E-state index contributed by atoms with van der Waals surface area (Å²) < 4.78 is 29.9. The minimum atomic E-state index is -3.38. The van der Waals surface area contributed by atoms with Crippen molar-refractivity contribution in [1.29, 1.82) is 0 Å². The van der Waals surface area contributed by atoms with Gasteiger partial charge in [-0.1, -0.05) is 12.1 Å². The number of aryl methyl sites for hydroxylation is 1. The molecule has 2 saturated heterocycles. The van der Waals surface area contributed by atoms with E-state index in [9.17, 15) is 18.3 Å². The van der Waals surface area contributed by atoms with Gasteiger partial charge >= 0.3 is 5.97 Å². The predicted molar refractivity (Wildman–Crippen MR) is 78.9 cm³/mol. The lowest BCUT2D eigenvalue weighted by atomic mass is 9.81. The average molecular weight is 344 g/mol. The third-order valence-corrected chi connectivity index (χ3v) is 5.94. The molecule has 128 valence electrons. The van der Waals surface area contributed by atoms with E-state index >= 15 is 0 Å². The van der Waals surface area contributed by atoms with Crippen LogP contribution in [0.3, 0.4) is 0 Å². The van der Waals surface area contributed by atoms with E-state index in [1.54, 1.807) is 0 Å². The number of carboxylic acid groups (broad SMARTS) is 1. The second-order valence-electron chi connectivity index (χ2n) is 6.34. The summed E-state index contributed by atoms with van der Waals surface area (Å²) in [6.45, 7) is 3.36. The Labute approximate surface area is 134 Å². The number of carboxylic acids is 1. The zero-order chi connectivity index (χ0) is 16.8. The van der Waals surface area contributed by atoms with Gasteiger partial charge in [0.05, 0.1) is 18.2 Å². The Kier molecular flexibility index (Phi) is 3.93. The Morgan fingerprint density at radius 1 is 1.43 bits per heavy atom. The van der Waals surface area contributed by atoms with Gasteiger partial charge in [0.25, 0.3) is 0 Å². The van der Waals surface area contributed by atoms with E-state index in [0.717, 1.165) is 6.26 Å². The van der Waals surface area contributed by atoms with Gasteiger partial charge in [-0.15, -0.1) is 0 Å². The van der Waals surface area contributed by atoms with Crippen molar-refractivity contribution in [1.82, 2.24) is 19.3 Å². The van der Waals surface area contributed by atoms with Gasteiger partial charge in [-0.05, 0) is 0 Å². The van der Waals surface area contributed by atoms with Crippen LogP contribution in [0.25, 0.3) is 0 Å². The van der Waals surface area contributed by atoms with Gasteiger partial charge in [-0.25, -0.2) is 12.7 Å². The molecule has 2 fully saturated rings. The van der Waals surface area contributed by atoms with Gasteiger partial charge in [0.15, 0.2) is 5.82 Å². The van der Waals surface area contributed by atoms with E-state index in [1.807, 2.05) is 11.8 Å². The first-order valence-corrected chi connectivity index (χ1v) is 9.32. The maximum absolute atomic E-state index is 11.8. The van der Waals surface area contributed by atoms with Crippen LogP contribution in [0.15, 0.2) is 4.52 Å². The summed E-state index contributed by atoms with van der Waals surface area (Å²) in [5.41, 5.74) is -1.06. The fraction of sp³-hybridized carbons (Fsp3) is 0.769. The van der Waals surface area contributed by atoms with Crippen LogP contribution in [0.1, 0.15) is 18.6 Å². The van der Waals surface area contributed by atoms with Crippen molar-refractivity contribution in [2.24, 2.45) is 11.3 Å². The molecule has 0 aliphatic carbocycles. The van der Waals surface area contributed by atoms with Crippen LogP contribution in [-0.2, 0) is 27.8 Å². The Bertz CT molecular complexity index is 718. The quantitative estimate of drug-likeness (QED) is 0.753. The minimum Gasteiger partial charge on any atom is -0.481 e. The first-order valence-electron chi connectivity index (χ1n) is 7.47. The van der Waals surface area contributed by atoms with Gasteiger partial charge in [0, 0.05) is 38.5 Å². The number of fused-ring (bicyclic) bond motifs is 1. The molecule has 1 N–H and O–H groups in total. The molecule has 1 aromatic rings. The maximum atomic E-state index is 11.8. The fourth-order valence-electron chi connectivity index (χ4n) is 3.49. The molecule has 10 heteroatoms. The number of sulfonamides is 1. The summed E-state index contributed by atoms with van der Waals surface area (Å²) >= 11 is 0.